The average Bonchev–Trinajstić information content (AvgIpc) is 2.70. The minimum atomic E-state index is 0.307. The van der Waals surface area contributed by atoms with E-state index in [0.717, 1.165) is 62.6 Å². The SMILES string of the molecule is COCc1cccc(OC2CCN(CC3CCOc4ccccc43)CC2)c1. The van der Waals surface area contributed by atoms with Crippen LogP contribution in [0, 0.1) is 0 Å². The lowest BCUT2D eigenvalue weighted by Crippen LogP contribution is -2.40. The van der Waals surface area contributed by atoms with Crippen molar-refractivity contribution in [2.45, 2.75) is 37.9 Å². The number of methoxy groups -OCH3 is 1. The van der Waals surface area contributed by atoms with E-state index in [0.29, 0.717) is 18.6 Å². The van der Waals surface area contributed by atoms with Crippen molar-refractivity contribution in [2.24, 2.45) is 0 Å². The zero-order valence-electron chi connectivity index (χ0n) is 16.1. The summed E-state index contributed by atoms with van der Waals surface area (Å²) in [6, 6.07) is 16.8. The van der Waals surface area contributed by atoms with Crippen LogP contribution < -0.4 is 9.47 Å². The number of para-hydroxylation sites is 1. The molecule has 1 fully saturated rings. The summed E-state index contributed by atoms with van der Waals surface area (Å²) in [4.78, 5) is 2.59. The number of nitrogens with zero attached hydrogens (tertiary/aromatic N) is 1. The van der Waals surface area contributed by atoms with Gasteiger partial charge >= 0.3 is 0 Å². The topological polar surface area (TPSA) is 30.9 Å². The summed E-state index contributed by atoms with van der Waals surface area (Å²) < 4.78 is 17.3. The molecule has 27 heavy (non-hydrogen) atoms. The Morgan fingerprint density at radius 3 is 2.74 bits per heavy atom. The van der Waals surface area contributed by atoms with E-state index < -0.39 is 0 Å². The molecule has 144 valence electrons. The number of piperidine rings is 1. The summed E-state index contributed by atoms with van der Waals surface area (Å²) >= 11 is 0. The molecule has 0 amide bonds. The fourth-order valence-corrected chi connectivity index (χ4v) is 4.19. The highest BCUT2D eigenvalue weighted by atomic mass is 16.5. The van der Waals surface area contributed by atoms with Crippen LogP contribution in [0.4, 0.5) is 0 Å². The number of hydrogen-bond donors (Lipinski definition) is 0. The van der Waals surface area contributed by atoms with E-state index in [-0.39, 0.29) is 0 Å². The molecule has 1 atom stereocenters. The largest absolute Gasteiger partial charge is 0.493 e. The summed E-state index contributed by atoms with van der Waals surface area (Å²) in [5.41, 5.74) is 2.53. The molecule has 0 aromatic heterocycles. The van der Waals surface area contributed by atoms with E-state index in [4.69, 9.17) is 14.2 Å². The van der Waals surface area contributed by atoms with E-state index in [1.165, 1.54) is 5.56 Å². The van der Waals surface area contributed by atoms with Crippen molar-refractivity contribution in [3.05, 3.63) is 59.7 Å². The highest BCUT2D eigenvalue weighted by Gasteiger charge is 2.26. The highest BCUT2D eigenvalue weighted by Crippen LogP contribution is 2.34. The monoisotopic (exact) mass is 367 g/mol. The van der Waals surface area contributed by atoms with Gasteiger partial charge in [0.15, 0.2) is 0 Å². The zero-order valence-corrected chi connectivity index (χ0v) is 16.1. The smallest absolute Gasteiger partial charge is 0.122 e. The van der Waals surface area contributed by atoms with Crippen molar-refractivity contribution < 1.29 is 14.2 Å². The quantitative estimate of drug-likeness (QED) is 0.764. The van der Waals surface area contributed by atoms with Gasteiger partial charge in [-0.2, -0.15) is 0 Å². The van der Waals surface area contributed by atoms with Gasteiger partial charge in [0.1, 0.15) is 17.6 Å². The molecule has 2 aliphatic heterocycles. The van der Waals surface area contributed by atoms with Gasteiger partial charge in [-0.05, 0) is 48.6 Å². The van der Waals surface area contributed by atoms with E-state index in [1.807, 2.05) is 12.1 Å². The van der Waals surface area contributed by atoms with Crippen molar-refractivity contribution >= 4 is 0 Å². The van der Waals surface area contributed by atoms with Crippen LogP contribution in [-0.4, -0.2) is 44.4 Å². The third kappa shape index (κ3) is 4.63. The summed E-state index contributed by atoms with van der Waals surface area (Å²) in [5.74, 6) is 2.61. The van der Waals surface area contributed by atoms with Crippen LogP contribution >= 0.6 is 0 Å². The van der Waals surface area contributed by atoms with Gasteiger partial charge in [0.2, 0.25) is 0 Å². The normalized spacial score (nSPS) is 20.7. The Morgan fingerprint density at radius 2 is 1.89 bits per heavy atom. The first-order valence-electron chi connectivity index (χ1n) is 10.0. The second-order valence-corrected chi connectivity index (χ2v) is 7.57. The Labute approximate surface area is 162 Å². The maximum absolute atomic E-state index is 6.23. The van der Waals surface area contributed by atoms with Gasteiger partial charge in [-0.3, -0.25) is 0 Å². The van der Waals surface area contributed by atoms with E-state index in [2.05, 4.69) is 41.3 Å². The van der Waals surface area contributed by atoms with Crippen LogP contribution in [-0.2, 0) is 11.3 Å². The Balaban J connectivity index is 1.29. The Bertz CT molecular complexity index is 740. The Hall–Kier alpha value is -2.04. The molecule has 0 N–H and O–H groups in total. The number of fused-ring (bicyclic) bond motifs is 1. The van der Waals surface area contributed by atoms with Crippen molar-refractivity contribution in [1.82, 2.24) is 4.90 Å². The van der Waals surface area contributed by atoms with Crippen LogP contribution in [0.25, 0.3) is 0 Å². The molecular weight excluding hydrogens is 338 g/mol. The van der Waals surface area contributed by atoms with Crippen molar-refractivity contribution in [2.75, 3.05) is 33.4 Å². The first-order valence-corrected chi connectivity index (χ1v) is 10.0. The molecule has 2 aliphatic rings. The van der Waals surface area contributed by atoms with Gasteiger partial charge in [-0.15, -0.1) is 0 Å². The molecule has 2 aromatic rings. The Morgan fingerprint density at radius 1 is 1.04 bits per heavy atom. The highest BCUT2D eigenvalue weighted by molar-refractivity contribution is 5.38. The van der Waals surface area contributed by atoms with Crippen LogP contribution in [0.3, 0.4) is 0 Å². The average molecular weight is 367 g/mol. The molecule has 1 unspecified atom stereocenters. The van der Waals surface area contributed by atoms with Crippen molar-refractivity contribution in [3.63, 3.8) is 0 Å². The minimum absolute atomic E-state index is 0.307. The van der Waals surface area contributed by atoms with Crippen LogP contribution in [0.5, 0.6) is 11.5 Å². The molecule has 0 saturated carbocycles. The Kier molecular flexibility index (Phi) is 5.95. The first kappa shape index (κ1) is 18.3. The summed E-state index contributed by atoms with van der Waals surface area (Å²) in [5, 5.41) is 0. The number of hydrogen-bond acceptors (Lipinski definition) is 4. The van der Waals surface area contributed by atoms with Crippen LogP contribution in [0.1, 0.15) is 36.3 Å². The fraction of sp³-hybridized carbons (Fsp3) is 0.478. The minimum Gasteiger partial charge on any atom is -0.493 e. The van der Waals surface area contributed by atoms with Gasteiger partial charge < -0.3 is 19.1 Å². The second-order valence-electron chi connectivity index (χ2n) is 7.57. The molecule has 4 rings (SSSR count). The summed E-state index contributed by atoms with van der Waals surface area (Å²) in [6.07, 6.45) is 3.58. The molecule has 2 heterocycles. The lowest BCUT2D eigenvalue weighted by molar-refractivity contribution is 0.0930. The molecule has 0 bridgehead atoms. The third-order valence-electron chi connectivity index (χ3n) is 5.61. The predicted molar refractivity (Wildman–Crippen MR) is 107 cm³/mol. The lowest BCUT2D eigenvalue weighted by Gasteiger charge is -2.36. The van der Waals surface area contributed by atoms with Gasteiger partial charge in [0.05, 0.1) is 13.2 Å². The third-order valence-corrected chi connectivity index (χ3v) is 5.61. The first-order chi connectivity index (χ1) is 13.3. The second kappa shape index (κ2) is 8.77. The maximum Gasteiger partial charge on any atom is 0.122 e. The van der Waals surface area contributed by atoms with Gasteiger partial charge in [0, 0.05) is 32.7 Å². The number of likely N-dealkylation sites (tertiary alicyclic amines) is 1. The molecule has 2 aromatic carbocycles. The molecule has 1 saturated heterocycles. The summed E-state index contributed by atoms with van der Waals surface area (Å²) in [7, 11) is 1.72. The van der Waals surface area contributed by atoms with Gasteiger partial charge in [-0.25, -0.2) is 0 Å². The van der Waals surface area contributed by atoms with E-state index in [9.17, 15) is 0 Å². The van der Waals surface area contributed by atoms with Gasteiger partial charge in [0.25, 0.3) is 0 Å². The van der Waals surface area contributed by atoms with Crippen LogP contribution in [0.15, 0.2) is 48.5 Å². The van der Waals surface area contributed by atoms with E-state index in [1.54, 1.807) is 7.11 Å². The number of ether oxygens (including phenoxy) is 3. The summed E-state index contributed by atoms with van der Waals surface area (Å²) in [6.45, 7) is 4.78. The lowest BCUT2D eigenvalue weighted by atomic mass is 9.92. The van der Waals surface area contributed by atoms with Crippen molar-refractivity contribution in [1.29, 1.82) is 0 Å². The molecule has 4 nitrogen and oxygen atoms in total. The predicted octanol–water partition coefficient (Wildman–Crippen LogP) is 4.24. The fourth-order valence-electron chi connectivity index (χ4n) is 4.19. The number of rotatable bonds is 6. The number of benzene rings is 2. The molecule has 0 aliphatic carbocycles. The van der Waals surface area contributed by atoms with E-state index >= 15 is 0 Å². The van der Waals surface area contributed by atoms with Crippen molar-refractivity contribution in [3.8, 4) is 11.5 Å². The molecule has 4 heteroatoms. The standard InChI is InChI=1S/C23H29NO3/c1-25-17-18-5-4-6-21(15-18)27-20-9-12-24(13-10-20)16-19-11-14-26-23-8-3-2-7-22(19)23/h2-8,15,19-20H,9-14,16-17H2,1H3. The zero-order chi connectivity index (χ0) is 18.5. The van der Waals surface area contributed by atoms with Crippen LogP contribution in [0.2, 0.25) is 0 Å². The van der Waals surface area contributed by atoms with Gasteiger partial charge in [-0.1, -0.05) is 30.3 Å². The maximum atomic E-state index is 6.23. The molecule has 0 spiro atoms. The molecular formula is C23H29NO3. The molecule has 0 radical (unpaired) electrons.